The molecule has 1 N–H and O–H groups in total. The Kier molecular flexibility index (Phi) is 5.80. The molecule has 132 valence electrons. The molecule has 0 radical (unpaired) electrons. The van der Waals surface area contributed by atoms with Gasteiger partial charge in [-0.1, -0.05) is 0 Å². The van der Waals surface area contributed by atoms with Crippen LogP contribution in [0.3, 0.4) is 0 Å². The molecule has 0 bridgehead atoms. The van der Waals surface area contributed by atoms with Crippen LogP contribution in [0.25, 0.3) is 10.6 Å². The third-order valence-corrected chi connectivity index (χ3v) is 4.61. The number of hydrogen-bond donors (Lipinski definition) is 1. The molecule has 2 aromatic heterocycles. The van der Waals surface area contributed by atoms with Gasteiger partial charge in [0.1, 0.15) is 10.8 Å². The van der Waals surface area contributed by atoms with Crippen LogP contribution >= 0.6 is 11.3 Å². The molecule has 0 atom stereocenters. The molecule has 3 aromatic rings. The van der Waals surface area contributed by atoms with Crippen molar-refractivity contribution in [3.05, 3.63) is 71.2 Å². The fourth-order valence-corrected chi connectivity index (χ4v) is 3.11. The van der Waals surface area contributed by atoms with Gasteiger partial charge in [-0.3, -0.25) is 14.6 Å². The third kappa shape index (κ3) is 4.80. The van der Waals surface area contributed by atoms with E-state index in [2.05, 4.69) is 15.3 Å². The minimum atomic E-state index is -0.395. The Bertz CT molecular complexity index is 895. The van der Waals surface area contributed by atoms with Crippen LogP contribution in [0, 0.1) is 5.82 Å². The number of amides is 1. The second kappa shape index (κ2) is 8.44. The second-order valence-corrected chi connectivity index (χ2v) is 6.45. The maximum atomic E-state index is 12.9. The largest absolute Gasteiger partial charge is 0.350 e. The third-order valence-electron chi connectivity index (χ3n) is 3.67. The maximum Gasteiger partial charge on any atom is 0.220 e. The van der Waals surface area contributed by atoms with Crippen molar-refractivity contribution in [1.82, 2.24) is 15.3 Å². The monoisotopic (exact) mass is 369 g/mol. The molecule has 0 fully saturated rings. The normalized spacial score (nSPS) is 10.5. The number of benzene rings is 1. The van der Waals surface area contributed by atoms with Crippen molar-refractivity contribution < 1.29 is 14.0 Å². The minimum Gasteiger partial charge on any atom is -0.350 e. The van der Waals surface area contributed by atoms with Gasteiger partial charge >= 0.3 is 0 Å². The van der Waals surface area contributed by atoms with E-state index in [1.54, 1.807) is 12.4 Å². The molecule has 26 heavy (non-hydrogen) atoms. The maximum absolute atomic E-state index is 12.9. The van der Waals surface area contributed by atoms with Crippen molar-refractivity contribution in [3.63, 3.8) is 0 Å². The lowest BCUT2D eigenvalue weighted by Crippen LogP contribution is -2.23. The van der Waals surface area contributed by atoms with E-state index >= 15 is 0 Å². The highest BCUT2D eigenvalue weighted by Gasteiger charge is 2.10. The molecule has 0 spiro atoms. The molecular formula is C19H16FN3O2S. The Labute approximate surface area is 153 Å². The number of aromatic nitrogens is 2. The highest BCUT2D eigenvalue weighted by Crippen LogP contribution is 2.22. The van der Waals surface area contributed by atoms with E-state index < -0.39 is 5.82 Å². The average molecular weight is 369 g/mol. The number of nitrogens with one attached hydrogen (secondary N) is 1. The van der Waals surface area contributed by atoms with E-state index in [0.29, 0.717) is 12.1 Å². The molecule has 0 aliphatic rings. The summed E-state index contributed by atoms with van der Waals surface area (Å²) in [6, 6.07) is 9.08. The van der Waals surface area contributed by atoms with Crippen LogP contribution in [-0.4, -0.2) is 21.7 Å². The molecule has 0 unspecified atom stereocenters. The first kappa shape index (κ1) is 17.9. The molecule has 7 heteroatoms. The van der Waals surface area contributed by atoms with Gasteiger partial charge in [-0.05, 0) is 36.4 Å². The van der Waals surface area contributed by atoms with Gasteiger partial charge in [0.25, 0.3) is 0 Å². The predicted octanol–water partition coefficient (Wildman–Crippen LogP) is 3.62. The van der Waals surface area contributed by atoms with Crippen LogP contribution in [0.15, 0.2) is 54.2 Å². The fourth-order valence-electron chi connectivity index (χ4n) is 2.29. The van der Waals surface area contributed by atoms with E-state index in [0.717, 1.165) is 16.3 Å². The summed E-state index contributed by atoms with van der Waals surface area (Å²) in [5.41, 5.74) is 2.09. The molecular weight excluding hydrogens is 353 g/mol. The van der Waals surface area contributed by atoms with E-state index in [-0.39, 0.29) is 24.5 Å². The number of carbonyl (C=O) groups is 2. The number of nitrogens with zero attached hydrogens (tertiary/aromatic N) is 2. The SMILES string of the molecule is O=C(CCC(=O)c1ccc(F)cc1)NCc1csc(-c2cccnc2)n1. The van der Waals surface area contributed by atoms with E-state index in [1.807, 2.05) is 17.5 Å². The van der Waals surface area contributed by atoms with Gasteiger partial charge in [0.2, 0.25) is 5.91 Å². The van der Waals surface area contributed by atoms with E-state index in [9.17, 15) is 14.0 Å². The summed E-state index contributed by atoms with van der Waals surface area (Å²) in [6.45, 7) is 0.306. The summed E-state index contributed by atoms with van der Waals surface area (Å²) in [5.74, 6) is -0.808. The molecule has 0 aliphatic heterocycles. The van der Waals surface area contributed by atoms with Crippen LogP contribution < -0.4 is 5.32 Å². The van der Waals surface area contributed by atoms with Gasteiger partial charge in [0.05, 0.1) is 12.2 Å². The lowest BCUT2D eigenvalue weighted by molar-refractivity contribution is -0.121. The summed E-state index contributed by atoms with van der Waals surface area (Å²) in [6.07, 6.45) is 3.60. The summed E-state index contributed by atoms with van der Waals surface area (Å²) < 4.78 is 12.9. The topological polar surface area (TPSA) is 72.0 Å². The lowest BCUT2D eigenvalue weighted by Gasteiger charge is -2.03. The predicted molar refractivity (Wildman–Crippen MR) is 97.2 cm³/mol. The van der Waals surface area contributed by atoms with E-state index in [1.165, 1.54) is 35.6 Å². The highest BCUT2D eigenvalue weighted by molar-refractivity contribution is 7.13. The Hall–Kier alpha value is -2.93. The van der Waals surface area contributed by atoms with Crippen molar-refractivity contribution in [2.75, 3.05) is 0 Å². The summed E-state index contributed by atoms with van der Waals surface area (Å²) >= 11 is 1.48. The van der Waals surface area contributed by atoms with Gasteiger partial charge in [0, 0.05) is 41.7 Å². The van der Waals surface area contributed by atoms with Crippen LogP contribution in [0.2, 0.25) is 0 Å². The number of thiazole rings is 1. The van der Waals surface area contributed by atoms with Gasteiger partial charge < -0.3 is 5.32 Å². The fraction of sp³-hybridized carbons (Fsp3) is 0.158. The minimum absolute atomic E-state index is 0.0788. The summed E-state index contributed by atoms with van der Waals surface area (Å²) in [4.78, 5) is 32.4. The molecule has 3 rings (SSSR count). The van der Waals surface area contributed by atoms with Crippen LogP contribution in [-0.2, 0) is 11.3 Å². The van der Waals surface area contributed by atoms with Crippen LogP contribution in [0.5, 0.6) is 0 Å². The standard InChI is InChI=1S/C19H16FN3O2S/c20-15-5-3-13(4-6-15)17(24)7-8-18(25)22-11-16-12-26-19(23-16)14-2-1-9-21-10-14/h1-6,9-10,12H,7-8,11H2,(H,22,25). The smallest absolute Gasteiger partial charge is 0.220 e. The molecule has 2 heterocycles. The average Bonchev–Trinajstić information content (AvgIpc) is 3.15. The Balaban J connectivity index is 1.46. The van der Waals surface area contributed by atoms with Gasteiger partial charge in [0.15, 0.2) is 5.78 Å². The zero-order chi connectivity index (χ0) is 18.4. The number of hydrogen-bond acceptors (Lipinski definition) is 5. The zero-order valence-corrected chi connectivity index (χ0v) is 14.6. The van der Waals surface area contributed by atoms with Crippen molar-refractivity contribution in [2.45, 2.75) is 19.4 Å². The number of rotatable bonds is 7. The lowest BCUT2D eigenvalue weighted by atomic mass is 10.1. The Morgan fingerprint density at radius 1 is 1.12 bits per heavy atom. The Morgan fingerprint density at radius 2 is 1.92 bits per heavy atom. The summed E-state index contributed by atoms with van der Waals surface area (Å²) in [7, 11) is 0. The van der Waals surface area contributed by atoms with Gasteiger partial charge in [-0.25, -0.2) is 9.37 Å². The number of halogens is 1. The van der Waals surface area contributed by atoms with Gasteiger partial charge in [-0.15, -0.1) is 11.3 Å². The van der Waals surface area contributed by atoms with Gasteiger partial charge in [-0.2, -0.15) is 0 Å². The first-order valence-corrected chi connectivity index (χ1v) is 8.90. The first-order valence-electron chi connectivity index (χ1n) is 8.02. The second-order valence-electron chi connectivity index (χ2n) is 5.59. The molecule has 1 aromatic carbocycles. The molecule has 0 saturated heterocycles. The number of carbonyl (C=O) groups excluding carboxylic acids is 2. The Morgan fingerprint density at radius 3 is 2.65 bits per heavy atom. The molecule has 0 aliphatic carbocycles. The van der Waals surface area contributed by atoms with Crippen LogP contribution in [0.1, 0.15) is 28.9 Å². The highest BCUT2D eigenvalue weighted by atomic mass is 32.1. The molecule has 5 nitrogen and oxygen atoms in total. The van der Waals surface area contributed by atoms with Crippen LogP contribution in [0.4, 0.5) is 4.39 Å². The zero-order valence-electron chi connectivity index (χ0n) is 13.8. The first-order chi connectivity index (χ1) is 12.6. The van der Waals surface area contributed by atoms with Crippen molar-refractivity contribution in [2.24, 2.45) is 0 Å². The molecule has 0 saturated carbocycles. The number of ketones is 1. The van der Waals surface area contributed by atoms with Crippen molar-refractivity contribution >= 4 is 23.0 Å². The quantitative estimate of drug-likeness (QED) is 0.646. The van der Waals surface area contributed by atoms with Crippen molar-refractivity contribution in [3.8, 4) is 10.6 Å². The van der Waals surface area contributed by atoms with E-state index in [4.69, 9.17) is 0 Å². The number of pyridine rings is 1. The number of Topliss-reactive ketones (excluding diaryl/α,β-unsaturated/α-hetero) is 1. The van der Waals surface area contributed by atoms with Crippen molar-refractivity contribution in [1.29, 1.82) is 0 Å². The molecule has 1 amide bonds. The summed E-state index contributed by atoms with van der Waals surface area (Å²) in [5, 5.41) is 5.48.